The summed E-state index contributed by atoms with van der Waals surface area (Å²) in [6.07, 6.45) is 1.88. The van der Waals surface area contributed by atoms with Crippen LogP contribution in [-0.4, -0.2) is 27.5 Å². The predicted molar refractivity (Wildman–Crippen MR) is 70.0 cm³/mol. The molecular formula is C11H13NO3S2. The van der Waals surface area contributed by atoms with E-state index in [4.69, 9.17) is 5.11 Å². The van der Waals surface area contributed by atoms with Crippen molar-refractivity contribution in [2.24, 2.45) is 0 Å². The van der Waals surface area contributed by atoms with Crippen molar-refractivity contribution in [1.82, 2.24) is 0 Å². The second-order valence-corrected chi connectivity index (χ2v) is 6.62. The number of aromatic carboxylic acids is 1. The molecule has 6 heteroatoms. The number of nitrogens with one attached hydrogen (secondary N) is 1. The molecule has 1 fully saturated rings. The third-order valence-electron chi connectivity index (χ3n) is 2.82. The minimum absolute atomic E-state index is 0.0926. The molecule has 0 aromatic carbocycles. The fraction of sp³-hybridized carbons (Fsp3) is 0.455. The van der Waals surface area contributed by atoms with Gasteiger partial charge in [-0.15, -0.1) is 23.1 Å². The first-order valence-electron chi connectivity index (χ1n) is 5.29. The maximum atomic E-state index is 12.1. The van der Waals surface area contributed by atoms with Gasteiger partial charge in [0, 0.05) is 0 Å². The number of thioether (sulfide) groups is 1. The molecule has 0 radical (unpaired) electrons. The Morgan fingerprint density at radius 2 is 2.29 bits per heavy atom. The molecule has 1 unspecified atom stereocenters. The van der Waals surface area contributed by atoms with E-state index in [-0.39, 0.29) is 11.5 Å². The Balaban J connectivity index is 2.13. The summed E-state index contributed by atoms with van der Waals surface area (Å²) >= 11 is 2.88. The zero-order valence-electron chi connectivity index (χ0n) is 9.36. The smallest absolute Gasteiger partial charge is 0.338 e. The lowest BCUT2D eigenvalue weighted by atomic mass is 10.1. The van der Waals surface area contributed by atoms with Crippen LogP contribution in [0, 0.1) is 0 Å². The van der Waals surface area contributed by atoms with Crippen molar-refractivity contribution in [3.8, 4) is 0 Å². The average molecular weight is 271 g/mol. The van der Waals surface area contributed by atoms with E-state index in [2.05, 4.69) is 5.32 Å². The van der Waals surface area contributed by atoms with Crippen LogP contribution in [0.15, 0.2) is 11.4 Å². The molecule has 92 valence electrons. The van der Waals surface area contributed by atoms with Gasteiger partial charge in [0.2, 0.25) is 5.91 Å². The number of carboxylic acids is 1. The van der Waals surface area contributed by atoms with E-state index in [1.165, 1.54) is 17.4 Å². The Kier molecular flexibility index (Phi) is 3.44. The van der Waals surface area contributed by atoms with Gasteiger partial charge in [0.1, 0.15) is 5.00 Å². The summed E-state index contributed by atoms with van der Waals surface area (Å²) < 4.78 is -0.417. The molecule has 0 spiro atoms. The Morgan fingerprint density at radius 1 is 1.53 bits per heavy atom. The van der Waals surface area contributed by atoms with Crippen molar-refractivity contribution in [3.05, 3.63) is 17.0 Å². The third kappa shape index (κ3) is 2.47. The zero-order chi connectivity index (χ0) is 12.5. The number of thiophene rings is 1. The van der Waals surface area contributed by atoms with Crippen LogP contribution < -0.4 is 5.32 Å². The van der Waals surface area contributed by atoms with Gasteiger partial charge in [-0.2, -0.15) is 0 Å². The van der Waals surface area contributed by atoms with Gasteiger partial charge in [-0.05, 0) is 37.0 Å². The highest BCUT2D eigenvalue weighted by atomic mass is 32.2. The number of rotatable bonds is 3. The van der Waals surface area contributed by atoms with E-state index in [0.717, 1.165) is 18.6 Å². The molecule has 4 nitrogen and oxygen atoms in total. The summed E-state index contributed by atoms with van der Waals surface area (Å²) in [4.78, 5) is 23.0. The lowest BCUT2D eigenvalue weighted by molar-refractivity contribution is -0.118. The van der Waals surface area contributed by atoms with Crippen molar-refractivity contribution >= 4 is 40.0 Å². The van der Waals surface area contributed by atoms with Gasteiger partial charge in [-0.1, -0.05) is 0 Å². The monoisotopic (exact) mass is 271 g/mol. The summed E-state index contributed by atoms with van der Waals surface area (Å²) in [5.74, 6) is -0.115. The second-order valence-electron chi connectivity index (χ2n) is 4.11. The molecule has 2 N–H and O–H groups in total. The number of anilines is 1. The fourth-order valence-corrected chi connectivity index (χ4v) is 3.75. The zero-order valence-corrected chi connectivity index (χ0v) is 11.0. The van der Waals surface area contributed by atoms with Crippen LogP contribution >= 0.6 is 23.1 Å². The number of carbonyl (C=O) groups is 2. The lowest BCUT2D eigenvalue weighted by Gasteiger charge is -2.21. The van der Waals surface area contributed by atoms with Crippen LogP contribution in [-0.2, 0) is 4.79 Å². The summed E-state index contributed by atoms with van der Waals surface area (Å²) in [6, 6.07) is 1.51. The largest absolute Gasteiger partial charge is 0.478 e. The first kappa shape index (κ1) is 12.4. The number of carboxylic acid groups (broad SMARTS) is 1. The van der Waals surface area contributed by atoms with Crippen molar-refractivity contribution < 1.29 is 14.7 Å². The molecule has 1 saturated heterocycles. The molecule has 2 rings (SSSR count). The van der Waals surface area contributed by atoms with Crippen LogP contribution in [0.2, 0.25) is 0 Å². The summed E-state index contributed by atoms with van der Waals surface area (Å²) in [7, 11) is 0. The van der Waals surface area contributed by atoms with E-state index in [1.54, 1.807) is 17.1 Å². The molecule has 1 aliphatic rings. The molecular weight excluding hydrogens is 258 g/mol. The molecule has 0 saturated carbocycles. The first-order chi connectivity index (χ1) is 8.03. The highest BCUT2D eigenvalue weighted by Crippen LogP contribution is 2.39. The van der Waals surface area contributed by atoms with E-state index in [1.807, 2.05) is 6.92 Å². The van der Waals surface area contributed by atoms with Crippen LogP contribution in [0.25, 0.3) is 0 Å². The average Bonchev–Trinajstić information content (AvgIpc) is 2.87. The minimum atomic E-state index is -1.01. The quantitative estimate of drug-likeness (QED) is 0.887. The molecule has 0 bridgehead atoms. The minimum Gasteiger partial charge on any atom is -0.478 e. The van der Waals surface area contributed by atoms with Crippen molar-refractivity contribution in [3.63, 3.8) is 0 Å². The number of amides is 1. The normalized spacial score (nSPS) is 23.6. The molecule has 2 heterocycles. The molecule has 1 amide bonds. The van der Waals surface area contributed by atoms with Crippen LogP contribution in [0.4, 0.5) is 5.00 Å². The Bertz CT molecular complexity index is 449. The highest BCUT2D eigenvalue weighted by Gasteiger charge is 2.37. The van der Waals surface area contributed by atoms with Gasteiger partial charge in [0.05, 0.1) is 10.3 Å². The van der Waals surface area contributed by atoms with Gasteiger partial charge >= 0.3 is 5.97 Å². The maximum Gasteiger partial charge on any atom is 0.338 e. The summed E-state index contributed by atoms with van der Waals surface area (Å²) in [5.41, 5.74) is 0.162. The van der Waals surface area contributed by atoms with E-state index < -0.39 is 10.7 Å². The SMILES string of the molecule is CC1(C(=O)Nc2sccc2C(=O)O)CCCS1. The van der Waals surface area contributed by atoms with Gasteiger partial charge < -0.3 is 10.4 Å². The summed E-state index contributed by atoms with van der Waals surface area (Å²) in [5, 5.41) is 13.8. The Labute approximate surface area is 107 Å². The van der Waals surface area contributed by atoms with E-state index >= 15 is 0 Å². The van der Waals surface area contributed by atoms with Crippen molar-refractivity contribution in [2.75, 3.05) is 11.1 Å². The second kappa shape index (κ2) is 4.70. The molecule has 0 aliphatic carbocycles. The fourth-order valence-electron chi connectivity index (χ4n) is 1.77. The topological polar surface area (TPSA) is 66.4 Å². The van der Waals surface area contributed by atoms with Crippen LogP contribution in [0.5, 0.6) is 0 Å². The molecule has 1 aromatic rings. The van der Waals surface area contributed by atoms with Crippen LogP contribution in [0.1, 0.15) is 30.1 Å². The maximum absolute atomic E-state index is 12.1. The van der Waals surface area contributed by atoms with Gasteiger partial charge in [-0.3, -0.25) is 4.79 Å². The number of hydrogen-bond donors (Lipinski definition) is 2. The predicted octanol–water partition coefficient (Wildman–Crippen LogP) is 2.67. The van der Waals surface area contributed by atoms with Gasteiger partial charge in [-0.25, -0.2) is 4.79 Å². The highest BCUT2D eigenvalue weighted by molar-refractivity contribution is 8.01. The van der Waals surface area contributed by atoms with Crippen molar-refractivity contribution in [1.29, 1.82) is 0 Å². The van der Waals surface area contributed by atoms with Crippen molar-refractivity contribution in [2.45, 2.75) is 24.5 Å². The molecule has 1 aromatic heterocycles. The number of hydrogen-bond acceptors (Lipinski definition) is 4. The Hall–Kier alpha value is -1.01. The van der Waals surface area contributed by atoms with Gasteiger partial charge in [0.25, 0.3) is 0 Å². The molecule has 17 heavy (non-hydrogen) atoms. The number of carbonyl (C=O) groups excluding carboxylic acids is 1. The molecule has 1 aliphatic heterocycles. The lowest BCUT2D eigenvalue weighted by Crippen LogP contribution is -2.34. The first-order valence-corrected chi connectivity index (χ1v) is 7.16. The van der Waals surface area contributed by atoms with E-state index in [0.29, 0.717) is 5.00 Å². The third-order valence-corrected chi connectivity index (χ3v) is 5.17. The summed E-state index contributed by atoms with van der Waals surface area (Å²) in [6.45, 7) is 1.91. The Morgan fingerprint density at radius 3 is 2.88 bits per heavy atom. The standard InChI is InChI=1S/C11H13NO3S2/c1-11(4-2-5-17-11)10(15)12-8-7(9(13)14)3-6-16-8/h3,6H,2,4-5H2,1H3,(H,12,15)(H,13,14). The van der Waals surface area contributed by atoms with E-state index in [9.17, 15) is 9.59 Å². The van der Waals surface area contributed by atoms with Crippen LogP contribution in [0.3, 0.4) is 0 Å². The van der Waals surface area contributed by atoms with Gasteiger partial charge in [0.15, 0.2) is 0 Å². The molecule has 1 atom stereocenters.